The molecule has 1 amide bonds. The lowest BCUT2D eigenvalue weighted by Crippen LogP contribution is -2.14. The maximum atomic E-state index is 12.2. The highest BCUT2D eigenvalue weighted by Crippen LogP contribution is 2.28. The molecule has 5 nitrogen and oxygen atoms in total. The molecule has 2 heterocycles. The van der Waals surface area contributed by atoms with E-state index >= 15 is 0 Å². The number of fused-ring (bicyclic) bond motifs is 1. The van der Waals surface area contributed by atoms with Crippen molar-refractivity contribution in [3.63, 3.8) is 0 Å². The molecule has 3 aromatic rings. The molecule has 2 aromatic heterocycles. The predicted molar refractivity (Wildman–Crippen MR) is 109 cm³/mol. The minimum Gasteiger partial charge on any atom is -0.300 e. The zero-order chi connectivity index (χ0) is 18.7. The van der Waals surface area contributed by atoms with Crippen molar-refractivity contribution >= 4 is 45.0 Å². The Balaban J connectivity index is 1.76. The molecule has 136 valence electrons. The number of rotatable bonds is 6. The third-order valence-corrected chi connectivity index (χ3v) is 6.05. The fourth-order valence-electron chi connectivity index (χ4n) is 2.79. The lowest BCUT2D eigenvalue weighted by molar-refractivity contribution is -0.113. The van der Waals surface area contributed by atoms with Gasteiger partial charge in [0.05, 0.1) is 11.3 Å². The smallest absolute Gasteiger partial charge is 0.236 e. The number of aromatic nitrogens is 3. The molecule has 0 unspecified atom stereocenters. The van der Waals surface area contributed by atoms with E-state index in [0.717, 1.165) is 39.3 Å². The molecule has 0 fully saturated rings. The van der Waals surface area contributed by atoms with Crippen LogP contribution in [0.15, 0.2) is 23.2 Å². The summed E-state index contributed by atoms with van der Waals surface area (Å²) in [5, 5.41) is 14.4. The van der Waals surface area contributed by atoms with Gasteiger partial charge in [-0.2, -0.15) is 0 Å². The lowest BCUT2D eigenvalue weighted by atomic mass is 10.0. The van der Waals surface area contributed by atoms with Gasteiger partial charge in [0.1, 0.15) is 10.0 Å². The molecule has 0 radical (unpaired) electrons. The average Bonchev–Trinajstić information content (AvgIpc) is 3.06. The molecule has 1 aromatic carbocycles. The minimum atomic E-state index is -0.0848. The second-order valence-electron chi connectivity index (χ2n) is 6.15. The number of nitrogens with zero attached hydrogens (tertiary/aromatic N) is 3. The van der Waals surface area contributed by atoms with Crippen molar-refractivity contribution < 1.29 is 4.79 Å². The van der Waals surface area contributed by atoms with Crippen LogP contribution < -0.4 is 5.32 Å². The number of pyridine rings is 1. The van der Waals surface area contributed by atoms with E-state index in [4.69, 9.17) is 4.98 Å². The summed E-state index contributed by atoms with van der Waals surface area (Å²) in [7, 11) is 0. The number of thioether (sulfide) groups is 1. The fraction of sp³-hybridized carbons (Fsp3) is 0.368. The molecule has 7 heteroatoms. The highest BCUT2D eigenvalue weighted by molar-refractivity contribution is 8.00. The number of amides is 1. The Morgan fingerprint density at radius 3 is 2.65 bits per heavy atom. The third kappa shape index (κ3) is 4.22. The van der Waals surface area contributed by atoms with E-state index in [-0.39, 0.29) is 5.91 Å². The van der Waals surface area contributed by atoms with Crippen molar-refractivity contribution in [2.45, 2.75) is 45.6 Å². The summed E-state index contributed by atoms with van der Waals surface area (Å²) < 4.78 is 0. The Bertz CT molecular complexity index is 952. The molecule has 1 N–H and O–H groups in total. The summed E-state index contributed by atoms with van der Waals surface area (Å²) in [5.74, 6) is 0.218. The van der Waals surface area contributed by atoms with E-state index in [2.05, 4.69) is 54.5 Å². The number of anilines is 1. The van der Waals surface area contributed by atoms with Crippen LogP contribution in [0.3, 0.4) is 0 Å². The van der Waals surface area contributed by atoms with Crippen molar-refractivity contribution in [1.29, 1.82) is 0 Å². The van der Waals surface area contributed by atoms with Gasteiger partial charge in [0.25, 0.3) is 0 Å². The minimum absolute atomic E-state index is 0.0848. The van der Waals surface area contributed by atoms with E-state index in [9.17, 15) is 4.79 Å². The number of benzene rings is 1. The Hall–Kier alpha value is -1.99. The van der Waals surface area contributed by atoms with Gasteiger partial charge in [0.2, 0.25) is 11.0 Å². The maximum Gasteiger partial charge on any atom is 0.236 e. The molecule has 26 heavy (non-hydrogen) atoms. The van der Waals surface area contributed by atoms with Crippen LogP contribution in [0.4, 0.5) is 5.13 Å². The molecular formula is C19H22N4OS2. The monoisotopic (exact) mass is 386 g/mol. The van der Waals surface area contributed by atoms with E-state index in [1.54, 1.807) is 0 Å². The van der Waals surface area contributed by atoms with Crippen molar-refractivity contribution in [3.8, 4) is 0 Å². The first-order chi connectivity index (χ1) is 12.5. The standard InChI is InChI=1S/C19H22N4OS2/c1-5-13-9-14-8-11(3)7-12(4)17(14)21-18(13)25-10-15(24)20-19-23-22-16(6-2)26-19/h7-9H,5-6,10H2,1-4H3,(H,20,23,24). The number of carbonyl (C=O) groups excluding carboxylic acids is 1. The van der Waals surface area contributed by atoms with E-state index in [1.165, 1.54) is 34.2 Å². The zero-order valence-corrected chi connectivity index (χ0v) is 17.1. The van der Waals surface area contributed by atoms with Gasteiger partial charge in [-0.25, -0.2) is 4.98 Å². The predicted octanol–water partition coefficient (Wildman–Crippen LogP) is 4.56. The first kappa shape index (κ1) is 18.8. The summed E-state index contributed by atoms with van der Waals surface area (Å²) in [6.07, 6.45) is 1.71. The summed E-state index contributed by atoms with van der Waals surface area (Å²) in [4.78, 5) is 17.1. The Labute approximate surface area is 161 Å². The van der Waals surface area contributed by atoms with Crippen molar-refractivity contribution in [2.24, 2.45) is 0 Å². The van der Waals surface area contributed by atoms with Crippen LogP contribution in [-0.4, -0.2) is 26.8 Å². The highest BCUT2D eigenvalue weighted by Gasteiger charge is 2.12. The van der Waals surface area contributed by atoms with Crippen LogP contribution in [0, 0.1) is 13.8 Å². The molecular weight excluding hydrogens is 364 g/mol. The second kappa shape index (κ2) is 8.14. The largest absolute Gasteiger partial charge is 0.300 e. The topological polar surface area (TPSA) is 67.8 Å². The molecule has 0 aliphatic carbocycles. The number of aryl methyl sites for hydroxylation is 4. The summed E-state index contributed by atoms with van der Waals surface area (Å²) in [6, 6.07) is 6.50. The number of nitrogens with one attached hydrogen (secondary N) is 1. The molecule has 0 saturated carbocycles. The van der Waals surface area contributed by atoms with Crippen molar-refractivity contribution in [1.82, 2.24) is 15.2 Å². The molecule has 0 aliphatic rings. The van der Waals surface area contributed by atoms with E-state index in [0.29, 0.717) is 10.9 Å². The molecule has 0 spiro atoms. The van der Waals surface area contributed by atoms with Crippen molar-refractivity contribution in [2.75, 3.05) is 11.1 Å². The lowest BCUT2D eigenvalue weighted by Gasteiger charge is -2.11. The number of carbonyl (C=O) groups is 1. The maximum absolute atomic E-state index is 12.2. The van der Waals surface area contributed by atoms with Gasteiger partial charge in [0, 0.05) is 5.39 Å². The molecule has 0 saturated heterocycles. The fourth-order valence-corrected chi connectivity index (χ4v) is 4.37. The SMILES string of the molecule is CCc1nnc(NC(=O)CSc2nc3c(C)cc(C)cc3cc2CC)s1. The van der Waals surface area contributed by atoms with Gasteiger partial charge in [0.15, 0.2) is 0 Å². The normalized spacial score (nSPS) is 11.1. The van der Waals surface area contributed by atoms with Gasteiger partial charge in [-0.1, -0.05) is 48.6 Å². The summed E-state index contributed by atoms with van der Waals surface area (Å²) in [6.45, 7) is 8.31. The van der Waals surface area contributed by atoms with E-state index in [1.807, 2.05) is 6.92 Å². The van der Waals surface area contributed by atoms with Crippen LogP contribution in [0.2, 0.25) is 0 Å². The molecule has 3 rings (SSSR count). The van der Waals surface area contributed by atoms with Crippen LogP contribution in [0.1, 0.15) is 35.5 Å². The molecule has 0 aliphatic heterocycles. The quantitative estimate of drug-likeness (QED) is 0.629. The molecule has 0 bridgehead atoms. The van der Waals surface area contributed by atoms with Crippen LogP contribution in [0.5, 0.6) is 0 Å². The van der Waals surface area contributed by atoms with E-state index < -0.39 is 0 Å². The number of hydrogen-bond donors (Lipinski definition) is 1. The number of hydrogen-bond acceptors (Lipinski definition) is 6. The van der Waals surface area contributed by atoms with Gasteiger partial charge < -0.3 is 0 Å². The van der Waals surface area contributed by atoms with Crippen LogP contribution >= 0.6 is 23.1 Å². The van der Waals surface area contributed by atoms with Crippen LogP contribution in [0.25, 0.3) is 10.9 Å². The summed E-state index contributed by atoms with van der Waals surface area (Å²) >= 11 is 2.89. The Morgan fingerprint density at radius 1 is 1.15 bits per heavy atom. The van der Waals surface area contributed by atoms with Crippen molar-refractivity contribution in [3.05, 3.63) is 39.9 Å². The highest BCUT2D eigenvalue weighted by atomic mass is 32.2. The van der Waals surface area contributed by atoms with Gasteiger partial charge in [-0.3, -0.25) is 10.1 Å². The first-order valence-corrected chi connectivity index (χ1v) is 10.5. The summed E-state index contributed by atoms with van der Waals surface area (Å²) in [5.41, 5.74) is 4.58. The first-order valence-electron chi connectivity index (χ1n) is 8.66. The van der Waals surface area contributed by atoms with Gasteiger partial charge in [-0.15, -0.1) is 10.2 Å². The third-order valence-electron chi connectivity index (χ3n) is 4.03. The Kier molecular flexibility index (Phi) is 5.88. The second-order valence-corrected chi connectivity index (χ2v) is 8.18. The Morgan fingerprint density at radius 2 is 1.96 bits per heavy atom. The zero-order valence-electron chi connectivity index (χ0n) is 15.4. The van der Waals surface area contributed by atoms with Gasteiger partial charge >= 0.3 is 0 Å². The molecule has 0 atom stereocenters. The van der Waals surface area contributed by atoms with Gasteiger partial charge in [-0.05, 0) is 49.9 Å². The van der Waals surface area contributed by atoms with Crippen LogP contribution in [-0.2, 0) is 17.6 Å². The average molecular weight is 387 g/mol.